The van der Waals surface area contributed by atoms with E-state index in [0.717, 1.165) is 18.7 Å². The number of allylic oxidation sites excluding steroid dienone is 1. The summed E-state index contributed by atoms with van der Waals surface area (Å²) in [5.74, 6) is 0. The van der Waals surface area contributed by atoms with E-state index in [9.17, 15) is 0 Å². The van der Waals surface area contributed by atoms with E-state index in [4.69, 9.17) is 0 Å². The molecule has 12 heavy (non-hydrogen) atoms. The van der Waals surface area contributed by atoms with Gasteiger partial charge in [0.1, 0.15) is 0 Å². The molecule has 0 N–H and O–H groups in total. The molecule has 0 unspecified atom stereocenters. The Kier molecular flexibility index (Phi) is 2.69. The van der Waals surface area contributed by atoms with E-state index in [-0.39, 0.29) is 0 Å². The first-order valence-corrected chi connectivity index (χ1v) is 4.31. The summed E-state index contributed by atoms with van der Waals surface area (Å²) in [5, 5.41) is 4.35. The predicted molar refractivity (Wildman–Crippen MR) is 51.1 cm³/mol. The van der Waals surface area contributed by atoms with Crippen molar-refractivity contribution in [2.75, 3.05) is 0 Å². The maximum atomic E-state index is 4.35. The van der Waals surface area contributed by atoms with E-state index < -0.39 is 0 Å². The Hall–Kier alpha value is -1.05. The number of nitrogens with zero attached hydrogens (tertiary/aromatic N) is 2. The molecule has 1 rings (SSSR count). The van der Waals surface area contributed by atoms with Crippen LogP contribution in [0.25, 0.3) is 0 Å². The van der Waals surface area contributed by atoms with Crippen molar-refractivity contribution in [3.63, 3.8) is 0 Å². The molecule has 0 saturated carbocycles. The van der Waals surface area contributed by atoms with Crippen molar-refractivity contribution < 1.29 is 0 Å². The molecule has 0 bridgehead atoms. The van der Waals surface area contributed by atoms with E-state index in [1.165, 1.54) is 11.3 Å². The summed E-state index contributed by atoms with van der Waals surface area (Å²) in [4.78, 5) is 0. The average Bonchev–Trinajstić information content (AvgIpc) is 2.30. The molecule has 0 spiro atoms. The Bertz CT molecular complexity index is 284. The number of rotatable bonds is 3. The van der Waals surface area contributed by atoms with Crippen LogP contribution in [0.3, 0.4) is 0 Å². The molecular formula is C10H16N2. The van der Waals surface area contributed by atoms with Crippen LogP contribution in [0, 0.1) is 13.8 Å². The van der Waals surface area contributed by atoms with Crippen molar-refractivity contribution in [2.24, 2.45) is 0 Å². The molecular weight excluding hydrogens is 148 g/mol. The normalized spacial score (nSPS) is 10.2. The minimum atomic E-state index is 0.857. The van der Waals surface area contributed by atoms with Crippen LogP contribution in [-0.4, -0.2) is 9.78 Å². The highest BCUT2D eigenvalue weighted by Crippen LogP contribution is 2.06. The second-order valence-corrected chi connectivity index (χ2v) is 3.19. The molecule has 1 aromatic rings. The van der Waals surface area contributed by atoms with Gasteiger partial charge in [-0.1, -0.05) is 19.1 Å². The zero-order chi connectivity index (χ0) is 9.14. The number of aryl methyl sites for hydroxylation is 2. The molecule has 0 aliphatic carbocycles. The quantitative estimate of drug-likeness (QED) is 0.627. The van der Waals surface area contributed by atoms with Crippen LogP contribution in [0.2, 0.25) is 0 Å². The summed E-state index contributed by atoms with van der Waals surface area (Å²) in [5.41, 5.74) is 3.51. The summed E-state index contributed by atoms with van der Waals surface area (Å²) in [6.07, 6.45) is 1.03. The van der Waals surface area contributed by atoms with Crippen molar-refractivity contribution >= 4 is 0 Å². The van der Waals surface area contributed by atoms with Gasteiger partial charge in [-0.25, -0.2) is 0 Å². The Morgan fingerprint density at radius 2 is 2.25 bits per heavy atom. The summed E-state index contributed by atoms with van der Waals surface area (Å²) < 4.78 is 2.00. The lowest BCUT2D eigenvalue weighted by Crippen LogP contribution is -2.03. The lowest BCUT2D eigenvalue weighted by atomic mass is 10.2. The lowest BCUT2D eigenvalue weighted by Gasteiger charge is -2.04. The average molecular weight is 164 g/mol. The fraction of sp³-hybridized carbons (Fsp3) is 0.500. The standard InChI is InChI=1S/C10H16N2/c1-5-8(2)7-12-10(4)6-9(3)11-12/h6H,2,5,7H2,1,3-4H3. The molecule has 0 amide bonds. The maximum Gasteiger partial charge on any atom is 0.0619 e. The Morgan fingerprint density at radius 3 is 2.67 bits per heavy atom. The zero-order valence-electron chi connectivity index (χ0n) is 8.09. The molecule has 1 aromatic heterocycles. The molecule has 0 aliphatic rings. The molecule has 1 heterocycles. The summed E-state index contributed by atoms with van der Waals surface area (Å²) in [6.45, 7) is 11.0. The molecule has 0 aliphatic heterocycles. The number of hydrogen-bond donors (Lipinski definition) is 0. The first-order valence-electron chi connectivity index (χ1n) is 4.31. The van der Waals surface area contributed by atoms with E-state index in [1.54, 1.807) is 0 Å². The van der Waals surface area contributed by atoms with E-state index in [2.05, 4.69) is 31.6 Å². The van der Waals surface area contributed by atoms with Gasteiger partial charge in [-0.05, 0) is 26.3 Å². The van der Waals surface area contributed by atoms with Crippen molar-refractivity contribution in [2.45, 2.75) is 33.7 Å². The molecule has 0 radical (unpaired) electrons. The van der Waals surface area contributed by atoms with E-state index >= 15 is 0 Å². The van der Waals surface area contributed by atoms with Crippen LogP contribution >= 0.6 is 0 Å². The van der Waals surface area contributed by atoms with Crippen molar-refractivity contribution in [3.05, 3.63) is 29.6 Å². The van der Waals surface area contributed by atoms with Crippen molar-refractivity contribution in [3.8, 4) is 0 Å². The third kappa shape index (κ3) is 1.97. The second-order valence-electron chi connectivity index (χ2n) is 3.19. The minimum Gasteiger partial charge on any atom is -0.266 e. The maximum absolute atomic E-state index is 4.35. The van der Waals surface area contributed by atoms with Crippen LogP contribution in [0.15, 0.2) is 18.2 Å². The molecule has 66 valence electrons. The largest absolute Gasteiger partial charge is 0.266 e. The van der Waals surface area contributed by atoms with Crippen LogP contribution in [0.1, 0.15) is 24.7 Å². The highest BCUT2D eigenvalue weighted by Gasteiger charge is 2.00. The van der Waals surface area contributed by atoms with Gasteiger partial charge in [0.2, 0.25) is 0 Å². The number of aromatic nitrogens is 2. The van der Waals surface area contributed by atoms with Gasteiger partial charge in [-0.3, -0.25) is 4.68 Å². The Balaban J connectivity index is 2.75. The van der Waals surface area contributed by atoms with Gasteiger partial charge < -0.3 is 0 Å². The Labute approximate surface area is 73.9 Å². The van der Waals surface area contributed by atoms with Crippen LogP contribution in [0.5, 0.6) is 0 Å². The van der Waals surface area contributed by atoms with Gasteiger partial charge in [0.25, 0.3) is 0 Å². The van der Waals surface area contributed by atoms with Gasteiger partial charge in [-0.15, -0.1) is 0 Å². The smallest absolute Gasteiger partial charge is 0.0619 e. The number of hydrogen-bond acceptors (Lipinski definition) is 1. The van der Waals surface area contributed by atoms with Crippen molar-refractivity contribution in [1.29, 1.82) is 0 Å². The van der Waals surface area contributed by atoms with Crippen molar-refractivity contribution in [1.82, 2.24) is 9.78 Å². The highest BCUT2D eigenvalue weighted by molar-refractivity contribution is 5.08. The lowest BCUT2D eigenvalue weighted by molar-refractivity contribution is 0.640. The molecule has 2 heteroatoms. The van der Waals surface area contributed by atoms with Gasteiger partial charge in [0.05, 0.1) is 12.2 Å². The van der Waals surface area contributed by atoms with Crippen LogP contribution in [-0.2, 0) is 6.54 Å². The Morgan fingerprint density at radius 1 is 1.58 bits per heavy atom. The predicted octanol–water partition coefficient (Wildman–Crippen LogP) is 2.47. The highest BCUT2D eigenvalue weighted by atomic mass is 15.3. The molecule has 0 aromatic carbocycles. The molecule has 2 nitrogen and oxygen atoms in total. The summed E-state index contributed by atoms with van der Waals surface area (Å²) in [7, 11) is 0. The van der Waals surface area contributed by atoms with Gasteiger partial charge in [-0.2, -0.15) is 5.10 Å². The topological polar surface area (TPSA) is 17.8 Å². The monoisotopic (exact) mass is 164 g/mol. The zero-order valence-corrected chi connectivity index (χ0v) is 8.09. The fourth-order valence-corrected chi connectivity index (χ4v) is 1.16. The molecule has 0 saturated heterocycles. The van der Waals surface area contributed by atoms with Gasteiger partial charge in [0, 0.05) is 5.69 Å². The van der Waals surface area contributed by atoms with Gasteiger partial charge >= 0.3 is 0 Å². The second kappa shape index (κ2) is 3.57. The summed E-state index contributed by atoms with van der Waals surface area (Å²) >= 11 is 0. The SMILES string of the molecule is C=C(CC)Cn1nc(C)cc1C. The molecule has 0 atom stereocenters. The minimum absolute atomic E-state index is 0.857. The fourth-order valence-electron chi connectivity index (χ4n) is 1.16. The first-order chi connectivity index (χ1) is 5.63. The molecule has 0 fully saturated rings. The van der Waals surface area contributed by atoms with E-state index in [0.29, 0.717) is 0 Å². The summed E-state index contributed by atoms with van der Waals surface area (Å²) in [6, 6.07) is 2.09. The van der Waals surface area contributed by atoms with Crippen LogP contribution in [0.4, 0.5) is 0 Å². The third-order valence-corrected chi connectivity index (χ3v) is 1.98. The first kappa shape index (κ1) is 9.04. The van der Waals surface area contributed by atoms with E-state index in [1.807, 2.05) is 11.6 Å². The van der Waals surface area contributed by atoms with Gasteiger partial charge in [0.15, 0.2) is 0 Å². The van der Waals surface area contributed by atoms with Crippen LogP contribution < -0.4 is 0 Å². The third-order valence-electron chi connectivity index (χ3n) is 1.98.